The number of nitrogens with zero attached hydrogens (tertiary/aromatic N) is 1. The fraction of sp³-hybridized carbons (Fsp3) is 0.484. The number of fused-ring (bicyclic) bond motifs is 1. The lowest BCUT2D eigenvalue weighted by Gasteiger charge is -2.30. The fourth-order valence-electron chi connectivity index (χ4n) is 4.53. The van der Waals surface area contributed by atoms with Crippen LogP contribution in [0.15, 0.2) is 42.5 Å². The number of imide groups is 1. The summed E-state index contributed by atoms with van der Waals surface area (Å²) >= 11 is 0. The number of carbonyl (C=O) groups is 4. The molecule has 2 aromatic rings. The van der Waals surface area contributed by atoms with Crippen molar-refractivity contribution in [2.45, 2.75) is 85.6 Å². The number of ether oxygens (including phenoxy) is 2. The van der Waals surface area contributed by atoms with Gasteiger partial charge in [0, 0.05) is 25.0 Å². The van der Waals surface area contributed by atoms with Gasteiger partial charge in [0.1, 0.15) is 11.2 Å². The van der Waals surface area contributed by atoms with Crippen molar-refractivity contribution in [3.63, 3.8) is 0 Å². The standard InChI is InChI=1S/C31H41N3O6/c1-19-13-14-21(17-32-28(37)39-30(3,4)5)22(15-19)16-23(20(2)33-29(38)40-31(6,7)8)18-34-26(35)24-11-9-10-12-25(24)27(34)36/h9-15,20,23H,16-18H2,1-8H3,(H,32,37)(H,33,38)/t20-,23+/m1/s1. The average Bonchev–Trinajstić information content (AvgIpc) is 3.05. The van der Waals surface area contributed by atoms with Crippen molar-refractivity contribution in [2.75, 3.05) is 6.54 Å². The number of rotatable bonds is 8. The summed E-state index contributed by atoms with van der Waals surface area (Å²) in [6, 6.07) is 12.2. The summed E-state index contributed by atoms with van der Waals surface area (Å²) in [4.78, 5) is 52.5. The van der Waals surface area contributed by atoms with Gasteiger partial charge < -0.3 is 20.1 Å². The lowest BCUT2D eigenvalue weighted by molar-refractivity contribution is 0.0474. The predicted molar refractivity (Wildman–Crippen MR) is 152 cm³/mol. The van der Waals surface area contributed by atoms with E-state index in [-0.39, 0.29) is 30.8 Å². The number of nitrogens with one attached hydrogen (secondary N) is 2. The van der Waals surface area contributed by atoms with Crippen molar-refractivity contribution in [1.29, 1.82) is 0 Å². The molecule has 0 saturated heterocycles. The molecule has 0 radical (unpaired) electrons. The van der Waals surface area contributed by atoms with Gasteiger partial charge in [0.2, 0.25) is 0 Å². The molecule has 0 bridgehead atoms. The molecule has 1 aliphatic rings. The Morgan fingerprint density at radius 3 is 1.95 bits per heavy atom. The van der Waals surface area contributed by atoms with E-state index in [0.29, 0.717) is 17.5 Å². The second-order valence-corrected chi connectivity index (χ2v) is 12.3. The molecule has 2 aromatic carbocycles. The molecule has 0 fully saturated rings. The first kappa shape index (κ1) is 30.7. The normalized spacial score (nSPS) is 14.8. The maximum atomic E-state index is 13.2. The zero-order valence-electron chi connectivity index (χ0n) is 24.7. The first-order valence-corrected chi connectivity index (χ1v) is 13.5. The van der Waals surface area contributed by atoms with Crippen molar-refractivity contribution in [1.82, 2.24) is 15.5 Å². The highest BCUT2D eigenvalue weighted by Crippen LogP contribution is 2.26. The molecule has 2 atom stereocenters. The molecular weight excluding hydrogens is 510 g/mol. The largest absolute Gasteiger partial charge is 0.444 e. The minimum atomic E-state index is -0.682. The van der Waals surface area contributed by atoms with Gasteiger partial charge in [-0.15, -0.1) is 0 Å². The number of carbonyl (C=O) groups excluding carboxylic acids is 4. The van der Waals surface area contributed by atoms with E-state index in [1.807, 2.05) is 32.0 Å². The van der Waals surface area contributed by atoms with Gasteiger partial charge >= 0.3 is 12.2 Å². The highest BCUT2D eigenvalue weighted by Gasteiger charge is 2.38. The molecule has 1 heterocycles. The van der Waals surface area contributed by atoms with Crippen molar-refractivity contribution in [3.8, 4) is 0 Å². The lowest BCUT2D eigenvalue weighted by Crippen LogP contribution is -2.47. The molecule has 1 aliphatic heterocycles. The highest BCUT2D eigenvalue weighted by atomic mass is 16.6. The zero-order valence-corrected chi connectivity index (χ0v) is 24.7. The predicted octanol–water partition coefficient (Wildman–Crippen LogP) is 5.39. The average molecular weight is 552 g/mol. The number of benzene rings is 2. The Hall–Kier alpha value is -3.88. The van der Waals surface area contributed by atoms with Gasteiger partial charge in [0.05, 0.1) is 11.1 Å². The van der Waals surface area contributed by atoms with Crippen molar-refractivity contribution >= 4 is 24.0 Å². The third kappa shape index (κ3) is 8.31. The van der Waals surface area contributed by atoms with E-state index in [0.717, 1.165) is 16.7 Å². The quantitative estimate of drug-likeness (QED) is 0.426. The summed E-state index contributed by atoms with van der Waals surface area (Å²) < 4.78 is 10.8. The van der Waals surface area contributed by atoms with Gasteiger partial charge in [-0.3, -0.25) is 14.5 Å². The topological polar surface area (TPSA) is 114 Å². The summed E-state index contributed by atoms with van der Waals surface area (Å²) in [5, 5.41) is 5.70. The molecule has 0 spiro atoms. The van der Waals surface area contributed by atoms with E-state index < -0.39 is 29.4 Å². The second kappa shape index (κ2) is 12.1. The van der Waals surface area contributed by atoms with Gasteiger partial charge in [-0.25, -0.2) is 9.59 Å². The van der Waals surface area contributed by atoms with Crippen LogP contribution in [-0.2, 0) is 22.4 Å². The monoisotopic (exact) mass is 551 g/mol. The van der Waals surface area contributed by atoms with E-state index >= 15 is 0 Å². The summed E-state index contributed by atoms with van der Waals surface area (Å²) in [6.07, 6.45) is -0.679. The molecular formula is C31H41N3O6. The van der Waals surface area contributed by atoms with E-state index in [2.05, 4.69) is 10.6 Å². The van der Waals surface area contributed by atoms with E-state index in [9.17, 15) is 19.2 Å². The Morgan fingerprint density at radius 2 is 1.40 bits per heavy atom. The van der Waals surface area contributed by atoms with Gasteiger partial charge in [-0.2, -0.15) is 0 Å². The SMILES string of the molecule is Cc1ccc(CNC(=O)OC(C)(C)C)c(C[C@@H](CN2C(=O)c3ccccc3C2=O)[C@@H](C)NC(=O)OC(C)(C)C)c1. The molecule has 0 aliphatic carbocycles. The van der Waals surface area contributed by atoms with Crippen molar-refractivity contribution < 1.29 is 28.7 Å². The Bertz CT molecular complexity index is 1240. The van der Waals surface area contributed by atoms with E-state index in [1.54, 1.807) is 65.8 Å². The van der Waals surface area contributed by atoms with Gasteiger partial charge in [-0.05, 0) is 85.1 Å². The zero-order chi connectivity index (χ0) is 29.8. The second-order valence-electron chi connectivity index (χ2n) is 12.3. The number of amides is 4. The molecule has 9 heteroatoms. The van der Waals surface area contributed by atoms with Crippen LogP contribution in [0.2, 0.25) is 0 Å². The summed E-state index contributed by atoms with van der Waals surface area (Å²) in [7, 11) is 0. The van der Waals surface area contributed by atoms with Crippen LogP contribution >= 0.6 is 0 Å². The molecule has 3 rings (SSSR count). The van der Waals surface area contributed by atoms with Crippen molar-refractivity contribution in [3.05, 3.63) is 70.3 Å². The molecule has 9 nitrogen and oxygen atoms in total. The van der Waals surface area contributed by atoms with Crippen molar-refractivity contribution in [2.24, 2.45) is 5.92 Å². The third-order valence-electron chi connectivity index (χ3n) is 6.41. The molecule has 216 valence electrons. The van der Waals surface area contributed by atoms with Gasteiger partial charge in [0.25, 0.3) is 11.8 Å². The van der Waals surface area contributed by atoms with Gasteiger partial charge in [0.15, 0.2) is 0 Å². The van der Waals surface area contributed by atoms with Gasteiger partial charge in [-0.1, -0.05) is 35.9 Å². The summed E-state index contributed by atoms with van der Waals surface area (Å²) in [5.41, 5.74) is 2.25. The molecule has 4 amide bonds. The fourth-order valence-corrected chi connectivity index (χ4v) is 4.53. The minimum Gasteiger partial charge on any atom is -0.444 e. The molecule has 0 saturated carbocycles. The Balaban J connectivity index is 1.87. The molecule has 40 heavy (non-hydrogen) atoms. The maximum Gasteiger partial charge on any atom is 0.407 e. The number of hydrogen-bond acceptors (Lipinski definition) is 6. The van der Waals surface area contributed by atoms with Crippen LogP contribution in [0.3, 0.4) is 0 Å². The van der Waals surface area contributed by atoms with Crippen LogP contribution in [0, 0.1) is 12.8 Å². The molecule has 0 unspecified atom stereocenters. The molecule has 2 N–H and O–H groups in total. The van der Waals surface area contributed by atoms with Crippen LogP contribution in [0.1, 0.15) is 85.9 Å². The Kier molecular flexibility index (Phi) is 9.28. The number of aryl methyl sites for hydroxylation is 1. The molecule has 0 aromatic heterocycles. The first-order valence-electron chi connectivity index (χ1n) is 13.5. The number of hydrogen-bond donors (Lipinski definition) is 2. The van der Waals surface area contributed by atoms with E-state index in [4.69, 9.17) is 9.47 Å². The third-order valence-corrected chi connectivity index (χ3v) is 6.41. The Labute approximate surface area is 236 Å². The van der Waals surface area contributed by atoms with Crippen LogP contribution in [0.4, 0.5) is 9.59 Å². The Morgan fingerprint density at radius 1 is 0.850 bits per heavy atom. The van der Waals surface area contributed by atoms with E-state index in [1.165, 1.54) is 4.90 Å². The number of alkyl carbamates (subject to hydrolysis) is 2. The maximum absolute atomic E-state index is 13.2. The lowest BCUT2D eigenvalue weighted by atomic mass is 9.89. The smallest absolute Gasteiger partial charge is 0.407 e. The minimum absolute atomic E-state index is 0.0934. The van der Waals surface area contributed by atoms with Crippen LogP contribution in [0.25, 0.3) is 0 Å². The summed E-state index contributed by atoms with van der Waals surface area (Å²) in [6.45, 7) is 14.9. The first-order chi connectivity index (χ1) is 18.5. The summed E-state index contributed by atoms with van der Waals surface area (Å²) in [5.74, 6) is -1.06. The highest BCUT2D eigenvalue weighted by molar-refractivity contribution is 6.21. The van der Waals surface area contributed by atoms with Crippen LogP contribution in [0.5, 0.6) is 0 Å². The van der Waals surface area contributed by atoms with Crippen LogP contribution < -0.4 is 10.6 Å². The van der Waals surface area contributed by atoms with Crippen LogP contribution in [-0.4, -0.2) is 52.7 Å².